The number of nitrogens with zero attached hydrogens (tertiary/aromatic N) is 1. The van der Waals surface area contributed by atoms with Gasteiger partial charge in [0.05, 0.1) is 19.8 Å². The van der Waals surface area contributed by atoms with Crippen LogP contribution in [0.1, 0.15) is 17.5 Å². The number of nitrogens with two attached hydrogens (primary N) is 1. The quantitative estimate of drug-likeness (QED) is 0.771. The summed E-state index contributed by atoms with van der Waals surface area (Å²) < 4.78 is 5.30. The van der Waals surface area contributed by atoms with E-state index in [-0.39, 0.29) is 18.6 Å². The molecule has 1 amide bonds. The van der Waals surface area contributed by atoms with Gasteiger partial charge in [-0.05, 0) is 17.7 Å². The van der Waals surface area contributed by atoms with Crippen LogP contribution in [0.15, 0.2) is 24.3 Å². The molecule has 0 spiro atoms. The van der Waals surface area contributed by atoms with E-state index in [4.69, 9.17) is 15.6 Å². The third kappa shape index (κ3) is 4.57. The molecule has 0 aliphatic carbocycles. The molecule has 0 saturated carbocycles. The predicted octanol–water partition coefficient (Wildman–Crippen LogP) is 0.107. The summed E-state index contributed by atoms with van der Waals surface area (Å²) in [5, 5.41) is 8.68. The summed E-state index contributed by atoms with van der Waals surface area (Å²) in [6.45, 7) is 2.43. The van der Waals surface area contributed by atoms with E-state index < -0.39 is 0 Å². The Kier molecular flexibility index (Phi) is 5.76. The van der Waals surface area contributed by atoms with Crippen molar-refractivity contribution in [2.24, 2.45) is 5.73 Å². The molecule has 0 radical (unpaired) electrons. The summed E-state index contributed by atoms with van der Waals surface area (Å²) in [7, 11) is 0. The Balaban J connectivity index is 1.99. The van der Waals surface area contributed by atoms with Gasteiger partial charge >= 0.3 is 0 Å². The summed E-state index contributed by atoms with van der Waals surface area (Å²) >= 11 is 0. The first kappa shape index (κ1) is 15.5. The number of aliphatic hydroxyl groups is 1. The molecular weight excluding hydrogens is 268 g/mol. The Labute approximate surface area is 124 Å². The molecule has 1 atom stereocenters. The minimum atomic E-state index is -0.359. The smallest absolute Gasteiger partial charge is 0.237 e. The molecule has 0 aromatic heterocycles. The summed E-state index contributed by atoms with van der Waals surface area (Å²) in [5.74, 6) is 5.53. The zero-order chi connectivity index (χ0) is 15.1. The number of carbonyl (C=O) groups excluding carboxylic acids is 1. The maximum Gasteiger partial charge on any atom is 0.237 e. The molecule has 1 aliphatic rings. The molecule has 5 heteroatoms. The van der Waals surface area contributed by atoms with E-state index in [0.717, 1.165) is 11.1 Å². The summed E-state index contributed by atoms with van der Waals surface area (Å²) in [4.78, 5) is 13.5. The van der Waals surface area contributed by atoms with Crippen molar-refractivity contribution >= 4 is 5.91 Å². The third-order valence-electron chi connectivity index (χ3n) is 3.38. The first-order valence-electron chi connectivity index (χ1n) is 7.00. The number of primary amides is 1. The largest absolute Gasteiger partial charge is 0.395 e. The monoisotopic (exact) mass is 288 g/mol. The maximum absolute atomic E-state index is 11.4. The van der Waals surface area contributed by atoms with Crippen molar-refractivity contribution in [1.82, 2.24) is 4.90 Å². The fourth-order valence-corrected chi connectivity index (χ4v) is 2.24. The molecule has 3 N–H and O–H groups in total. The number of carbonyl (C=O) groups is 1. The Morgan fingerprint density at radius 3 is 2.86 bits per heavy atom. The number of benzene rings is 1. The van der Waals surface area contributed by atoms with Gasteiger partial charge in [-0.25, -0.2) is 0 Å². The Bertz CT molecular complexity index is 531. The van der Waals surface area contributed by atoms with Gasteiger partial charge in [-0.2, -0.15) is 0 Å². The second-order valence-corrected chi connectivity index (χ2v) is 4.94. The van der Waals surface area contributed by atoms with Gasteiger partial charge in [0.2, 0.25) is 5.91 Å². The Hall–Kier alpha value is -1.87. The Morgan fingerprint density at radius 1 is 1.43 bits per heavy atom. The number of hydrogen-bond acceptors (Lipinski definition) is 4. The van der Waals surface area contributed by atoms with Crippen LogP contribution in [0.5, 0.6) is 0 Å². The van der Waals surface area contributed by atoms with Crippen LogP contribution >= 0.6 is 0 Å². The number of aliphatic hydroxyl groups excluding tert-OH is 1. The molecular formula is C16H20N2O3. The first-order valence-corrected chi connectivity index (χ1v) is 7.00. The van der Waals surface area contributed by atoms with Crippen LogP contribution in [0.25, 0.3) is 0 Å². The van der Waals surface area contributed by atoms with Crippen LogP contribution in [0.2, 0.25) is 0 Å². The lowest BCUT2D eigenvalue weighted by Crippen LogP contribution is -2.51. The van der Waals surface area contributed by atoms with Gasteiger partial charge in [-0.3, -0.25) is 9.69 Å². The van der Waals surface area contributed by atoms with Crippen molar-refractivity contribution in [2.45, 2.75) is 19.0 Å². The van der Waals surface area contributed by atoms with E-state index in [2.05, 4.69) is 11.8 Å². The third-order valence-corrected chi connectivity index (χ3v) is 3.38. The van der Waals surface area contributed by atoms with Crippen molar-refractivity contribution in [2.75, 3.05) is 26.4 Å². The molecule has 1 aliphatic heterocycles. The molecule has 1 fully saturated rings. The average molecular weight is 288 g/mol. The summed E-state index contributed by atoms with van der Waals surface area (Å²) in [6.07, 6.45) is 0.482. The fourth-order valence-electron chi connectivity index (χ4n) is 2.24. The summed E-state index contributed by atoms with van der Waals surface area (Å²) in [6, 6.07) is 7.52. The van der Waals surface area contributed by atoms with Gasteiger partial charge in [-0.1, -0.05) is 24.0 Å². The number of amides is 1. The van der Waals surface area contributed by atoms with Gasteiger partial charge in [0, 0.05) is 25.1 Å². The molecule has 2 rings (SSSR count). The second kappa shape index (κ2) is 7.79. The SMILES string of the molecule is NC(=O)C1COCCN1Cc1ccc(C#CCCO)cc1. The van der Waals surface area contributed by atoms with E-state index in [1.807, 2.05) is 29.2 Å². The standard InChI is InChI=1S/C16H20N2O3/c17-16(20)15-12-21-10-8-18(15)11-14-6-4-13(5-7-14)3-1-2-9-19/h4-7,15,19H,2,8-12H2,(H2,17,20). The van der Waals surface area contributed by atoms with Gasteiger partial charge < -0.3 is 15.6 Å². The highest BCUT2D eigenvalue weighted by Gasteiger charge is 2.27. The van der Waals surface area contributed by atoms with Crippen LogP contribution in [0.3, 0.4) is 0 Å². The van der Waals surface area contributed by atoms with Crippen molar-refractivity contribution in [1.29, 1.82) is 0 Å². The van der Waals surface area contributed by atoms with Crippen LogP contribution in [-0.2, 0) is 16.1 Å². The lowest BCUT2D eigenvalue weighted by Gasteiger charge is -2.33. The number of rotatable bonds is 4. The van der Waals surface area contributed by atoms with Crippen LogP contribution in [0, 0.1) is 11.8 Å². The Morgan fingerprint density at radius 2 is 2.19 bits per heavy atom. The molecule has 112 valence electrons. The first-order chi connectivity index (χ1) is 10.2. The van der Waals surface area contributed by atoms with E-state index >= 15 is 0 Å². The lowest BCUT2D eigenvalue weighted by molar-refractivity contribution is -0.129. The molecule has 1 aromatic rings. The molecule has 1 saturated heterocycles. The molecule has 5 nitrogen and oxygen atoms in total. The lowest BCUT2D eigenvalue weighted by atomic mass is 10.1. The summed E-state index contributed by atoms with van der Waals surface area (Å²) in [5.41, 5.74) is 7.43. The predicted molar refractivity (Wildman–Crippen MR) is 79.2 cm³/mol. The van der Waals surface area contributed by atoms with Crippen LogP contribution in [-0.4, -0.2) is 48.3 Å². The zero-order valence-corrected chi connectivity index (χ0v) is 11.9. The fraction of sp³-hybridized carbons (Fsp3) is 0.438. The van der Waals surface area contributed by atoms with Crippen LogP contribution < -0.4 is 5.73 Å². The van der Waals surface area contributed by atoms with E-state index in [1.54, 1.807) is 0 Å². The topological polar surface area (TPSA) is 75.8 Å². The number of hydrogen-bond donors (Lipinski definition) is 2. The van der Waals surface area contributed by atoms with E-state index in [1.165, 1.54) is 0 Å². The molecule has 1 unspecified atom stereocenters. The van der Waals surface area contributed by atoms with Gasteiger partial charge in [0.25, 0.3) is 0 Å². The molecule has 0 bridgehead atoms. The molecule has 21 heavy (non-hydrogen) atoms. The molecule has 1 aromatic carbocycles. The highest BCUT2D eigenvalue weighted by atomic mass is 16.5. The van der Waals surface area contributed by atoms with Gasteiger partial charge in [-0.15, -0.1) is 0 Å². The maximum atomic E-state index is 11.4. The second-order valence-electron chi connectivity index (χ2n) is 4.94. The molecule has 1 heterocycles. The van der Waals surface area contributed by atoms with Gasteiger partial charge in [0.15, 0.2) is 0 Å². The minimum absolute atomic E-state index is 0.0800. The van der Waals surface area contributed by atoms with E-state index in [9.17, 15) is 4.79 Å². The van der Waals surface area contributed by atoms with Crippen molar-refractivity contribution in [3.05, 3.63) is 35.4 Å². The van der Waals surface area contributed by atoms with Gasteiger partial charge in [0.1, 0.15) is 6.04 Å². The van der Waals surface area contributed by atoms with E-state index in [0.29, 0.717) is 32.7 Å². The van der Waals surface area contributed by atoms with Crippen molar-refractivity contribution in [3.63, 3.8) is 0 Å². The van der Waals surface area contributed by atoms with Crippen LogP contribution in [0.4, 0.5) is 0 Å². The highest BCUT2D eigenvalue weighted by Crippen LogP contribution is 2.13. The van der Waals surface area contributed by atoms with Crippen molar-refractivity contribution < 1.29 is 14.6 Å². The normalized spacial score (nSPS) is 18.8. The number of ether oxygens (including phenoxy) is 1. The number of morpholine rings is 1. The zero-order valence-electron chi connectivity index (χ0n) is 11.9. The highest BCUT2D eigenvalue weighted by molar-refractivity contribution is 5.80. The van der Waals surface area contributed by atoms with Crippen molar-refractivity contribution in [3.8, 4) is 11.8 Å². The average Bonchev–Trinajstić information content (AvgIpc) is 2.50. The minimum Gasteiger partial charge on any atom is -0.395 e.